The molecule has 45 heavy (non-hydrogen) atoms. The third kappa shape index (κ3) is 4.18. The second-order valence-electron chi connectivity index (χ2n) is 11.7. The molecule has 7 aromatic carbocycles. The molecule has 0 unspecified atom stereocenters. The Bertz CT molecular complexity index is 2370. The Hall–Kier alpha value is -5.86. The maximum absolute atomic E-state index is 6.29. The van der Waals surface area contributed by atoms with Gasteiger partial charge in [0.05, 0.1) is 5.69 Å². The zero-order valence-corrected chi connectivity index (χ0v) is 24.6. The zero-order valence-electron chi connectivity index (χ0n) is 24.6. The number of furan rings is 1. The lowest BCUT2D eigenvalue weighted by atomic mass is 9.87. The molecular weight excluding hydrogens is 546 g/mol. The summed E-state index contributed by atoms with van der Waals surface area (Å²) in [5, 5.41) is 6.33. The number of rotatable bonds is 5. The van der Waals surface area contributed by atoms with Gasteiger partial charge in [-0.15, -0.1) is 0 Å². The van der Waals surface area contributed by atoms with Crippen LogP contribution in [0.15, 0.2) is 162 Å². The van der Waals surface area contributed by atoms with E-state index in [-0.39, 0.29) is 0 Å². The molecular formula is C43H29NO. The molecule has 1 aliphatic rings. The fourth-order valence-corrected chi connectivity index (χ4v) is 7.12. The van der Waals surface area contributed by atoms with E-state index in [1.165, 1.54) is 44.5 Å². The summed E-state index contributed by atoms with van der Waals surface area (Å²) in [6, 6.07) is 56.2. The molecule has 1 aromatic heterocycles. The van der Waals surface area contributed by atoms with Gasteiger partial charge in [-0.3, -0.25) is 0 Å². The summed E-state index contributed by atoms with van der Waals surface area (Å²) >= 11 is 0. The van der Waals surface area contributed by atoms with Gasteiger partial charge in [-0.1, -0.05) is 133 Å². The van der Waals surface area contributed by atoms with E-state index in [1.807, 2.05) is 12.1 Å². The highest BCUT2D eigenvalue weighted by atomic mass is 16.3. The van der Waals surface area contributed by atoms with Crippen molar-refractivity contribution in [1.29, 1.82) is 0 Å². The van der Waals surface area contributed by atoms with Crippen LogP contribution in [-0.2, 0) is 6.42 Å². The largest absolute Gasteiger partial charge is 0.456 e. The zero-order chi connectivity index (χ0) is 29.7. The van der Waals surface area contributed by atoms with E-state index in [4.69, 9.17) is 4.42 Å². The first kappa shape index (κ1) is 25.6. The number of para-hydroxylation sites is 2. The number of anilines is 2. The van der Waals surface area contributed by atoms with Crippen molar-refractivity contribution in [3.8, 4) is 44.5 Å². The molecule has 0 saturated heterocycles. The average Bonchev–Trinajstić information content (AvgIpc) is 3.68. The van der Waals surface area contributed by atoms with Gasteiger partial charge in [0.2, 0.25) is 0 Å². The maximum Gasteiger partial charge on any atom is 0.136 e. The number of fused-ring (bicyclic) bond motifs is 6. The minimum atomic E-state index is 0.882. The molecule has 2 nitrogen and oxygen atoms in total. The Balaban J connectivity index is 1.32. The summed E-state index contributed by atoms with van der Waals surface area (Å²) in [7, 11) is 0. The SMILES string of the molecule is c1ccc(-c2cc3c(c(Nc4ccccc4-c4cccc5oc6ccccc6c45)c2-c2ccccc2)Cc2ccccc2-3)cc1. The molecule has 0 amide bonds. The highest BCUT2D eigenvalue weighted by molar-refractivity contribution is 6.14. The molecule has 1 heterocycles. The molecule has 1 aliphatic carbocycles. The van der Waals surface area contributed by atoms with Gasteiger partial charge in [-0.25, -0.2) is 0 Å². The molecule has 9 rings (SSSR count). The van der Waals surface area contributed by atoms with Crippen molar-refractivity contribution < 1.29 is 4.42 Å². The first-order chi connectivity index (χ1) is 22.3. The van der Waals surface area contributed by atoms with E-state index < -0.39 is 0 Å². The molecule has 212 valence electrons. The minimum Gasteiger partial charge on any atom is -0.456 e. The van der Waals surface area contributed by atoms with Crippen LogP contribution in [0.25, 0.3) is 66.4 Å². The van der Waals surface area contributed by atoms with E-state index in [2.05, 4.69) is 151 Å². The van der Waals surface area contributed by atoms with Crippen LogP contribution in [0.5, 0.6) is 0 Å². The number of benzene rings is 7. The van der Waals surface area contributed by atoms with Crippen molar-refractivity contribution in [2.45, 2.75) is 6.42 Å². The standard InChI is InChI=1S/C43H29NO/c1-3-14-28(15-4-1)35-27-36-31-19-8-7-18-30(31)26-37(36)43(41(35)29-16-5-2-6-17-29)44-38-23-11-9-20-32(38)33-22-13-25-40-42(33)34-21-10-12-24-39(34)45-40/h1-25,27,44H,26H2. The maximum atomic E-state index is 6.29. The van der Waals surface area contributed by atoms with Crippen LogP contribution in [0, 0.1) is 0 Å². The summed E-state index contributed by atoms with van der Waals surface area (Å²) in [5.41, 5.74) is 16.5. The molecule has 8 aromatic rings. The van der Waals surface area contributed by atoms with Crippen molar-refractivity contribution in [1.82, 2.24) is 0 Å². The highest BCUT2D eigenvalue weighted by Crippen LogP contribution is 2.51. The van der Waals surface area contributed by atoms with Crippen LogP contribution in [0.4, 0.5) is 11.4 Å². The molecule has 0 fully saturated rings. The Morgan fingerprint density at radius 2 is 1.11 bits per heavy atom. The Morgan fingerprint density at radius 1 is 0.467 bits per heavy atom. The number of nitrogens with one attached hydrogen (secondary N) is 1. The van der Waals surface area contributed by atoms with Crippen LogP contribution in [0.3, 0.4) is 0 Å². The van der Waals surface area contributed by atoms with Crippen molar-refractivity contribution in [2.24, 2.45) is 0 Å². The van der Waals surface area contributed by atoms with Crippen LogP contribution < -0.4 is 5.32 Å². The number of hydrogen-bond acceptors (Lipinski definition) is 2. The molecule has 0 saturated carbocycles. The summed E-state index contributed by atoms with van der Waals surface area (Å²) in [5.74, 6) is 0. The molecule has 0 spiro atoms. The molecule has 1 N–H and O–H groups in total. The normalized spacial score (nSPS) is 11.9. The monoisotopic (exact) mass is 575 g/mol. The fraction of sp³-hybridized carbons (Fsp3) is 0.0233. The van der Waals surface area contributed by atoms with Crippen LogP contribution in [0.2, 0.25) is 0 Å². The van der Waals surface area contributed by atoms with Crippen LogP contribution in [0.1, 0.15) is 11.1 Å². The molecule has 0 bridgehead atoms. The van der Waals surface area contributed by atoms with Crippen LogP contribution >= 0.6 is 0 Å². The second-order valence-corrected chi connectivity index (χ2v) is 11.7. The van der Waals surface area contributed by atoms with Gasteiger partial charge in [0.15, 0.2) is 0 Å². The predicted molar refractivity (Wildman–Crippen MR) is 188 cm³/mol. The molecule has 0 atom stereocenters. The van der Waals surface area contributed by atoms with Crippen molar-refractivity contribution in [2.75, 3.05) is 5.32 Å². The third-order valence-corrected chi connectivity index (χ3v) is 9.14. The van der Waals surface area contributed by atoms with E-state index in [0.29, 0.717) is 0 Å². The first-order valence-corrected chi connectivity index (χ1v) is 15.5. The van der Waals surface area contributed by atoms with Crippen molar-refractivity contribution in [3.05, 3.63) is 169 Å². The summed E-state index contributed by atoms with van der Waals surface area (Å²) in [4.78, 5) is 0. The molecule has 0 radical (unpaired) electrons. The average molecular weight is 576 g/mol. The smallest absolute Gasteiger partial charge is 0.136 e. The van der Waals surface area contributed by atoms with Crippen molar-refractivity contribution in [3.63, 3.8) is 0 Å². The Labute approximate surface area is 262 Å². The van der Waals surface area contributed by atoms with E-state index in [1.54, 1.807) is 0 Å². The van der Waals surface area contributed by atoms with Gasteiger partial charge < -0.3 is 9.73 Å². The van der Waals surface area contributed by atoms with E-state index >= 15 is 0 Å². The third-order valence-electron chi connectivity index (χ3n) is 9.14. The van der Waals surface area contributed by atoms with Crippen LogP contribution in [-0.4, -0.2) is 0 Å². The highest BCUT2D eigenvalue weighted by Gasteiger charge is 2.27. The fourth-order valence-electron chi connectivity index (χ4n) is 7.12. The van der Waals surface area contributed by atoms with Gasteiger partial charge in [0.1, 0.15) is 11.2 Å². The second kappa shape index (κ2) is 10.4. The van der Waals surface area contributed by atoms with Gasteiger partial charge in [-0.2, -0.15) is 0 Å². The minimum absolute atomic E-state index is 0.882. The Morgan fingerprint density at radius 3 is 1.96 bits per heavy atom. The quantitative estimate of drug-likeness (QED) is 0.221. The summed E-state index contributed by atoms with van der Waals surface area (Å²) in [6.07, 6.45) is 0.882. The molecule has 0 aliphatic heterocycles. The lowest BCUT2D eigenvalue weighted by Crippen LogP contribution is -2.02. The topological polar surface area (TPSA) is 25.2 Å². The van der Waals surface area contributed by atoms with E-state index in [9.17, 15) is 0 Å². The predicted octanol–water partition coefficient (Wildman–Crippen LogP) is 11.9. The van der Waals surface area contributed by atoms with Gasteiger partial charge in [0.25, 0.3) is 0 Å². The number of hydrogen-bond donors (Lipinski definition) is 1. The summed E-state index contributed by atoms with van der Waals surface area (Å²) in [6.45, 7) is 0. The van der Waals surface area contributed by atoms with Gasteiger partial charge in [-0.05, 0) is 68.8 Å². The summed E-state index contributed by atoms with van der Waals surface area (Å²) < 4.78 is 6.29. The van der Waals surface area contributed by atoms with Gasteiger partial charge >= 0.3 is 0 Å². The Kier molecular flexibility index (Phi) is 5.92. The van der Waals surface area contributed by atoms with Gasteiger partial charge in [0, 0.05) is 34.0 Å². The lowest BCUT2D eigenvalue weighted by Gasteiger charge is -2.23. The molecule has 2 heteroatoms. The van der Waals surface area contributed by atoms with Crippen molar-refractivity contribution >= 4 is 33.3 Å². The first-order valence-electron chi connectivity index (χ1n) is 15.5. The van der Waals surface area contributed by atoms with E-state index in [0.717, 1.165) is 50.9 Å². The lowest BCUT2D eigenvalue weighted by molar-refractivity contribution is 0.669.